The Labute approximate surface area is 116 Å². The van der Waals surface area contributed by atoms with Gasteiger partial charge in [-0.25, -0.2) is 0 Å². The average molecular weight is 269 g/mol. The Morgan fingerprint density at radius 3 is 2.84 bits per heavy atom. The van der Waals surface area contributed by atoms with E-state index in [1.165, 1.54) is 0 Å². The van der Waals surface area contributed by atoms with E-state index in [4.69, 9.17) is 4.74 Å². The molecule has 2 heterocycles. The molecule has 0 bridgehead atoms. The van der Waals surface area contributed by atoms with E-state index in [2.05, 4.69) is 31.1 Å². The van der Waals surface area contributed by atoms with Crippen LogP contribution < -0.4 is 5.32 Å². The van der Waals surface area contributed by atoms with E-state index in [0.717, 1.165) is 45.5 Å². The number of hydrogen-bond donors (Lipinski definition) is 1. The summed E-state index contributed by atoms with van der Waals surface area (Å²) in [5.41, 5.74) is 0. The molecule has 0 aromatic carbocycles. The number of morpholine rings is 1. The van der Waals surface area contributed by atoms with E-state index in [9.17, 15) is 4.79 Å². The monoisotopic (exact) mass is 269 g/mol. The van der Waals surface area contributed by atoms with Crippen molar-refractivity contribution in [1.82, 2.24) is 15.1 Å². The predicted octanol–water partition coefficient (Wildman–Crippen LogP) is 0.654. The van der Waals surface area contributed by atoms with Crippen LogP contribution >= 0.6 is 0 Å². The molecule has 2 aliphatic rings. The number of nitrogens with one attached hydrogen (secondary N) is 1. The van der Waals surface area contributed by atoms with Crippen LogP contribution in [0.1, 0.15) is 33.1 Å². The first-order valence-corrected chi connectivity index (χ1v) is 7.52. The molecule has 3 atom stereocenters. The Morgan fingerprint density at radius 2 is 2.21 bits per heavy atom. The summed E-state index contributed by atoms with van der Waals surface area (Å²) in [6, 6.07) is 0.0104. The van der Waals surface area contributed by atoms with Crippen molar-refractivity contribution in [3.05, 3.63) is 0 Å². The van der Waals surface area contributed by atoms with Crippen LogP contribution in [0.4, 0.5) is 0 Å². The molecule has 110 valence electrons. The maximum Gasteiger partial charge on any atom is 0.241 e. The van der Waals surface area contributed by atoms with Gasteiger partial charge in [-0.05, 0) is 19.9 Å². The minimum absolute atomic E-state index is 0.0104. The largest absolute Gasteiger partial charge is 0.374 e. The van der Waals surface area contributed by atoms with E-state index in [1.54, 1.807) is 0 Å². The van der Waals surface area contributed by atoms with E-state index in [1.807, 2.05) is 4.90 Å². The molecular formula is C14H27N3O2. The van der Waals surface area contributed by atoms with Crippen molar-refractivity contribution in [2.45, 2.75) is 51.4 Å². The Balaban J connectivity index is 1.95. The third kappa shape index (κ3) is 3.46. The molecule has 0 saturated carbocycles. The Morgan fingerprint density at radius 1 is 1.42 bits per heavy atom. The van der Waals surface area contributed by atoms with Gasteiger partial charge in [0.05, 0.1) is 24.9 Å². The fourth-order valence-electron chi connectivity index (χ4n) is 2.99. The lowest BCUT2D eigenvalue weighted by atomic mass is 10.1. The molecule has 0 aromatic heterocycles. The topological polar surface area (TPSA) is 44.8 Å². The number of rotatable bonds is 5. The van der Waals surface area contributed by atoms with E-state index >= 15 is 0 Å². The van der Waals surface area contributed by atoms with Crippen LogP contribution in [0.5, 0.6) is 0 Å². The molecule has 1 amide bonds. The average Bonchev–Trinajstić information content (AvgIpc) is 2.68. The number of carbonyl (C=O) groups excluding carboxylic acids is 1. The van der Waals surface area contributed by atoms with E-state index in [-0.39, 0.29) is 24.2 Å². The zero-order valence-corrected chi connectivity index (χ0v) is 12.4. The lowest BCUT2D eigenvalue weighted by molar-refractivity contribution is -0.133. The summed E-state index contributed by atoms with van der Waals surface area (Å²) in [5.74, 6) is 0.255. The van der Waals surface area contributed by atoms with Gasteiger partial charge in [0, 0.05) is 19.6 Å². The smallest absolute Gasteiger partial charge is 0.241 e. The number of likely N-dealkylation sites (N-methyl/N-ethyl adjacent to an activating group) is 1. The maximum absolute atomic E-state index is 12.4. The molecule has 19 heavy (non-hydrogen) atoms. The van der Waals surface area contributed by atoms with Gasteiger partial charge in [0.15, 0.2) is 0 Å². The Kier molecular flexibility index (Phi) is 5.19. The summed E-state index contributed by atoms with van der Waals surface area (Å²) < 4.78 is 5.78. The van der Waals surface area contributed by atoms with Crippen LogP contribution in [-0.2, 0) is 9.53 Å². The first-order chi connectivity index (χ1) is 9.15. The van der Waals surface area contributed by atoms with Gasteiger partial charge in [-0.2, -0.15) is 0 Å². The number of nitrogens with zero attached hydrogens (tertiary/aromatic N) is 2. The minimum Gasteiger partial charge on any atom is -0.374 e. The fourth-order valence-corrected chi connectivity index (χ4v) is 2.99. The third-order valence-corrected chi connectivity index (χ3v) is 4.06. The molecule has 2 rings (SSSR count). The van der Waals surface area contributed by atoms with Gasteiger partial charge in [-0.15, -0.1) is 0 Å². The zero-order valence-electron chi connectivity index (χ0n) is 12.4. The second-order valence-electron chi connectivity index (χ2n) is 5.68. The van der Waals surface area contributed by atoms with Gasteiger partial charge in [-0.1, -0.05) is 20.3 Å². The van der Waals surface area contributed by atoms with Crippen molar-refractivity contribution in [2.75, 3.05) is 33.3 Å². The quantitative estimate of drug-likeness (QED) is 0.796. The summed E-state index contributed by atoms with van der Waals surface area (Å²) in [5, 5.41) is 3.45. The third-order valence-electron chi connectivity index (χ3n) is 4.06. The van der Waals surface area contributed by atoms with Crippen molar-refractivity contribution in [3.63, 3.8) is 0 Å². The number of hydrogen-bond acceptors (Lipinski definition) is 4. The van der Waals surface area contributed by atoms with Gasteiger partial charge in [0.1, 0.15) is 0 Å². The molecule has 2 aliphatic heterocycles. The van der Waals surface area contributed by atoms with Crippen LogP contribution in [0.3, 0.4) is 0 Å². The van der Waals surface area contributed by atoms with Gasteiger partial charge in [0.25, 0.3) is 0 Å². The lowest BCUT2D eigenvalue weighted by Gasteiger charge is -2.34. The fraction of sp³-hybridized carbons (Fsp3) is 0.929. The zero-order chi connectivity index (χ0) is 13.8. The predicted molar refractivity (Wildman–Crippen MR) is 74.9 cm³/mol. The number of carbonyl (C=O) groups is 1. The minimum atomic E-state index is 0.0104. The number of ether oxygens (including phenoxy) is 1. The normalized spacial score (nSPS) is 33.1. The molecule has 0 aromatic rings. The van der Waals surface area contributed by atoms with Crippen molar-refractivity contribution in [1.29, 1.82) is 0 Å². The highest BCUT2D eigenvalue weighted by molar-refractivity contribution is 5.84. The summed E-state index contributed by atoms with van der Waals surface area (Å²) in [4.78, 5) is 16.7. The Bertz CT molecular complexity index is 311. The molecule has 5 heteroatoms. The first-order valence-electron chi connectivity index (χ1n) is 7.52. The van der Waals surface area contributed by atoms with Crippen molar-refractivity contribution >= 4 is 5.91 Å². The summed E-state index contributed by atoms with van der Waals surface area (Å²) in [6.07, 6.45) is 3.25. The molecular weight excluding hydrogens is 242 g/mol. The highest BCUT2D eigenvalue weighted by Crippen LogP contribution is 2.18. The van der Waals surface area contributed by atoms with Crippen LogP contribution in [0.15, 0.2) is 0 Å². The molecule has 0 radical (unpaired) electrons. The highest BCUT2D eigenvalue weighted by Gasteiger charge is 2.38. The van der Waals surface area contributed by atoms with Crippen molar-refractivity contribution in [3.8, 4) is 0 Å². The van der Waals surface area contributed by atoms with Gasteiger partial charge >= 0.3 is 0 Å². The van der Waals surface area contributed by atoms with Crippen LogP contribution in [-0.4, -0.2) is 67.3 Å². The van der Waals surface area contributed by atoms with Gasteiger partial charge < -0.3 is 14.5 Å². The van der Waals surface area contributed by atoms with Gasteiger partial charge in [-0.3, -0.25) is 10.1 Å². The maximum atomic E-state index is 12.4. The second kappa shape index (κ2) is 6.68. The summed E-state index contributed by atoms with van der Waals surface area (Å²) in [6.45, 7) is 7.63. The number of amides is 1. The Hall–Kier alpha value is -0.650. The summed E-state index contributed by atoms with van der Waals surface area (Å²) in [7, 11) is 2.11. The van der Waals surface area contributed by atoms with E-state index in [0.29, 0.717) is 0 Å². The van der Waals surface area contributed by atoms with Crippen molar-refractivity contribution < 1.29 is 9.53 Å². The van der Waals surface area contributed by atoms with Crippen molar-refractivity contribution in [2.24, 2.45) is 0 Å². The van der Waals surface area contributed by atoms with Gasteiger partial charge in [0.2, 0.25) is 5.91 Å². The van der Waals surface area contributed by atoms with Crippen LogP contribution in [0, 0.1) is 0 Å². The molecule has 1 N–H and O–H groups in total. The lowest BCUT2D eigenvalue weighted by Crippen LogP contribution is -2.49. The highest BCUT2D eigenvalue weighted by atomic mass is 16.5. The first kappa shape index (κ1) is 14.8. The van der Waals surface area contributed by atoms with Crippen LogP contribution in [0.2, 0.25) is 0 Å². The summed E-state index contributed by atoms with van der Waals surface area (Å²) >= 11 is 0. The molecule has 0 spiro atoms. The standard InChI is InChI=1S/C14H27N3O2/c1-4-6-12-14(18)17(13(5-2)15-12)10-11-9-16(3)7-8-19-11/h11-13,15H,4-10H2,1-3H3. The SMILES string of the molecule is CCCC1NC(CC)N(CC2CN(C)CCO2)C1=O. The molecule has 2 saturated heterocycles. The molecule has 2 fully saturated rings. The molecule has 5 nitrogen and oxygen atoms in total. The van der Waals surface area contributed by atoms with E-state index < -0.39 is 0 Å². The molecule has 3 unspecified atom stereocenters. The second-order valence-corrected chi connectivity index (χ2v) is 5.68. The molecule has 0 aliphatic carbocycles. The van der Waals surface area contributed by atoms with Crippen LogP contribution in [0.25, 0.3) is 0 Å².